The van der Waals surface area contributed by atoms with Crippen LogP contribution in [0, 0.1) is 34.0 Å². The van der Waals surface area contributed by atoms with E-state index in [1.54, 1.807) is 0 Å². The summed E-state index contributed by atoms with van der Waals surface area (Å²) in [6, 6.07) is 2.16. The van der Waals surface area contributed by atoms with Crippen LogP contribution in [-0.2, 0) is 4.79 Å². The van der Waals surface area contributed by atoms with Gasteiger partial charge in [0.1, 0.15) is 5.78 Å². The summed E-state index contributed by atoms with van der Waals surface area (Å²) in [4.78, 5) is 12.4. The fourth-order valence-electron chi connectivity index (χ4n) is 4.17. The topological polar surface area (TPSA) is 40.9 Å². The molecule has 0 aromatic heterocycles. The molecule has 2 rings (SSSR count). The average molecular weight is 219 g/mol. The lowest BCUT2D eigenvalue weighted by atomic mass is 9.73. The van der Waals surface area contributed by atoms with E-state index in [0.29, 0.717) is 12.2 Å². The molecule has 0 aromatic carbocycles. The first-order chi connectivity index (χ1) is 7.41. The van der Waals surface area contributed by atoms with E-state index in [-0.39, 0.29) is 22.7 Å². The van der Waals surface area contributed by atoms with Crippen molar-refractivity contribution >= 4 is 5.78 Å². The Labute approximate surface area is 98.0 Å². The van der Waals surface area contributed by atoms with Crippen molar-refractivity contribution < 1.29 is 4.79 Å². The van der Waals surface area contributed by atoms with E-state index in [4.69, 9.17) is 5.26 Å². The average Bonchev–Trinajstić information content (AvgIpc) is 2.58. The van der Waals surface area contributed by atoms with E-state index in [9.17, 15) is 4.79 Å². The van der Waals surface area contributed by atoms with Gasteiger partial charge in [0, 0.05) is 18.3 Å². The van der Waals surface area contributed by atoms with E-state index in [1.807, 2.05) is 0 Å². The van der Waals surface area contributed by atoms with Crippen LogP contribution in [0.5, 0.6) is 0 Å². The summed E-state index contributed by atoms with van der Waals surface area (Å²) in [5.74, 6) is 0.846. The zero-order chi connectivity index (χ0) is 12.0. The predicted molar refractivity (Wildman–Crippen MR) is 62.6 cm³/mol. The number of fused-ring (bicyclic) bond motifs is 1. The zero-order valence-electron chi connectivity index (χ0n) is 10.5. The van der Waals surface area contributed by atoms with Gasteiger partial charge in [-0.1, -0.05) is 20.8 Å². The molecule has 0 spiro atoms. The number of carbonyl (C=O) groups is 1. The second-order valence-electron chi connectivity index (χ2n) is 6.58. The molecule has 16 heavy (non-hydrogen) atoms. The maximum absolute atomic E-state index is 12.4. The quantitative estimate of drug-likeness (QED) is 0.714. The third-order valence-electron chi connectivity index (χ3n) is 4.82. The van der Waals surface area contributed by atoms with Crippen molar-refractivity contribution in [2.24, 2.45) is 22.7 Å². The lowest BCUT2D eigenvalue weighted by molar-refractivity contribution is -0.127. The van der Waals surface area contributed by atoms with Gasteiger partial charge < -0.3 is 0 Å². The van der Waals surface area contributed by atoms with Crippen molar-refractivity contribution in [3.8, 4) is 6.07 Å². The Kier molecular flexibility index (Phi) is 2.61. The molecule has 0 amide bonds. The van der Waals surface area contributed by atoms with Crippen LogP contribution < -0.4 is 0 Å². The van der Waals surface area contributed by atoms with Gasteiger partial charge in [0.15, 0.2) is 0 Å². The summed E-state index contributed by atoms with van der Waals surface area (Å²) in [7, 11) is 0. The molecule has 2 fully saturated rings. The summed E-state index contributed by atoms with van der Waals surface area (Å²) < 4.78 is 0. The van der Waals surface area contributed by atoms with Gasteiger partial charge >= 0.3 is 0 Å². The molecule has 0 radical (unpaired) electrons. The van der Waals surface area contributed by atoms with E-state index in [1.165, 1.54) is 12.8 Å². The van der Waals surface area contributed by atoms with Crippen molar-refractivity contribution in [1.29, 1.82) is 5.26 Å². The van der Waals surface area contributed by atoms with Crippen LogP contribution >= 0.6 is 0 Å². The Bertz CT molecular complexity index is 352. The monoisotopic (exact) mass is 219 g/mol. The Morgan fingerprint density at radius 3 is 2.62 bits per heavy atom. The Morgan fingerprint density at radius 2 is 2.06 bits per heavy atom. The molecular formula is C14H21NO. The van der Waals surface area contributed by atoms with E-state index in [0.717, 1.165) is 12.8 Å². The van der Waals surface area contributed by atoms with Gasteiger partial charge in [-0.25, -0.2) is 0 Å². The Balaban J connectivity index is 2.19. The molecule has 0 heterocycles. The molecule has 0 aliphatic heterocycles. The van der Waals surface area contributed by atoms with Crippen molar-refractivity contribution in [3.05, 3.63) is 0 Å². The largest absolute Gasteiger partial charge is 0.299 e. The van der Waals surface area contributed by atoms with Gasteiger partial charge in [-0.05, 0) is 36.5 Å². The fourth-order valence-corrected chi connectivity index (χ4v) is 4.17. The molecule has 0 bridgehead atoms. The van der Waals surface area contributed by atoms with Crippen LogP contribution in [0.2, 0.25) is 0 Å². The lowest BCUT2D eigenvalue weighted by Gasteiger charge is -2.29. The number of nitrogens with zero attached hydrogens (tertiary/aromatic N) is 1. The van der Waals surface area contributed by atoms with Crippen LogP contribution in [0.25, 0.3) is 0 Å². The number of nitriles is 1. The number of carbonyl (C=O) groups excluding carboxylic acids is 1. The van der Waals surface area contributed by atoms with Crippen LogP contribution in [0.15, 0.2) is 0 Å². The third-order valence-corrected chi connectivity index (χ3v) is 4.82. The van der Waals surface area contributed by atoms with Crippen molar-refractivity contribution in [1.82, 2.24) is 0 Å². The maximum atomic E-state index is 12.4. The second kappa shape index (κ2) is 3.58. The minimum atomic E-state index is 0.161. The summed E-state index contributed by atoms with van der Waals surface area (Å²) in [5, 5.41) is 8.62. The standard InChI is InChI=1S/C14H21NO/c1-13(2)6-7-14(3)9-10(5-4-8-15)11(16)12(13)14/h10,12H,4-7,9H2,1-3H3/t10?,12-,14-/m1/s1. The molecule has 2 aliphatic carbocycles. The molecule has 2 saturated carbocycles. The minimum absolute atomic E-state index is 0.161. The highest BCUT2D eigenvalue weighted by Gasteiger charge is 2.59. The molecule has 0 N–H and O–H groups in total. The summed E-state index contributed by atoms with van der Waals surface area (Å²) in [5.41, 5.74) is 0.397. The molecule has 0 aromatic rings. The lowest BCUT2D eigenvalue weighted by Crippen LogP contribution is -2.30. The van der Waals surface area contributed by atoms with Crippen molar-refractivity contribution in [2.45, 2.75) is 52.9 Å². The van der Waals surface area contributed by atoms with E-state index < -0.39 is 0 Å². The zero-order valence-corrected chi connectivity index (χ0v) is 10.5. The summed E-state index contributed by atoms with van der Waals surface area (Å²) in [6.07, 6.45) is 4.67. The van der Waals surface area contributed by atoms with Gasteiger partial charge in [-0.3, -0.25) is 4.79 Å². The molecule has 0 saturated heterocycles. The van der Waals surface area contributed by atoms with Gasteiger partial charge in [0.05, 0.1) is 6.07 Å². The highest BCUT2D eigenvalue weighted by Crippen LogP contribution is 2.62. The molecule has 2 nitrogen and oxygen atoms in total. The minimum Gasteiger partial charge on any atom is -0.299 e. The normalized spacial score (nSPS) is 40.8. The molecular weight excluding hydrogens is 198 g/mol. The first-order valence-electron chi connectivity index (χ1n) is 6.31. The predicted octanol–water partition coefficient (Wildman–Crippen LogP) is 3.32. The molecule has 2 heteroatoms. The highest BCUT2D eigenvalue weighted by atomic mass is 16.1. The van der Waals surface area contributed by atoms with Gasteiger partial charge in [0.25, 0.3) is 0 Å². The van der Waals surface area contributed by atoms with Crippen LogP contribution in [0.4, 0.5) is 0 Å². The van der Waals surface area contributed by atoms with Crippen LogP contribution in [0.3, 0.4) is 0 Å². The van der Waals surface area contributed by atoms with E-state index in [2.05, 4.69) is 26.8 Å². The van der Waals surface area contributed by atoms with Gasteiger partial charge in [0.2, 0.25) is 0 Å². The molecule has 2 aliphatic rings. The molecule has 3 atom stereocenters. The number of Topliss-reactive ketones (excluding diaryl/α,β-unsaturated/α-hetero) is 1. The number of ketones is 1. The van der Waals surface area contributed by atoms with Crippen molar-refractivity contribution in [3.63, 3.8) is 0 Å². The third kappa shape index (κ3) is 1.57. The maximum Gasteiger partial charge on any atom is 0.140 e. The molecule has 88 valence electrons. The number of hydrogen-bond donors (Lipinski definition) is 0. The number of hydrogen-bond acceptors (Lipinski definition) is 2. The first-order valence-corrected chi connectivity index (χ1v) is 6.31. The van der Waals surface area contributed by atoms with Crippen LogP contribution in [0.1, 0.15) is 52.9 Å². The summed E-state index contributed by atoms with van der Waals surface area (Å²) >= 11 is 0. The smallest absolute Gasteiger partial charge is 0.140 e. The van der Waals surface area contributed by atoms with Gasteiger partial charge in [-0.2, -0.15) is 5.26 Å². The van der Waals surface area contributed by atoms with Crippen LogP contribution in [-0.4, -0.2) is 5.78 Å². The number of rotatable bonds is 2. The second-order valence-corrected chi connectivity index (χ2v) is 6.58. The van der Waals surface area contributed by atoms with Crippen molar-refractivity contribution in [2.75, 3.05) is 0 Å². The fraction of sp³-hybridized carbons (Fsp3) is 0.857. The molecule has 1 unspecified atom stereocenters. The SMILES string of the molecule is CC1(C)CC[C@]2(C)CC(CCC#N)C(=O)[C@H]12. The van der Waals surface area contributed by atoms with E-state index >= 15 is 0 Å². The van der Waals surface area contributed by atoms with Gasteiger partial charge in [-0.15, -0.1) is 0 Å². The Hall–Kier alpha value is -0.840. The highest BCUT2D eigenvalue weighted by molar-refractivity contribution is 5.87. The summed E-state index contributed by atoms with van der Waals surface area (Å²) in [6.45, 7) is 6.73. The Morgan fingerprint density at radius 1 is 1.38 bits per heavy atom. The first kappa shape index (κ1) is 11.6.